The van der Waals surface area contributed by atoms with Gasteiger partial charge in [-0.15, -0.1) is 21.5 Å². The molecule has 0 aromatic carbocycles. The Morgan fingerprint density at radius 2 is 2.40 bits per heavy atom. The number of rotatable bonds is 3. The van der Waals surface area contributed by atoms with Crippen LogP contribution in [0.15, 0.2) is 15.2 Å². The Balaban J connectivity index is 1.87. The average molecular weight is 357 g/mol. The fourth-order valence-corrected chi connectivity index (χ4v) is 3.62. The highest BCUT2D eigenvalue weighted by Gasteiger charge is 2.33. The van der Waals surface area contributed by atoms with Gasteiger partial charge in [-0.25, -0.2) is 0 Å². The number of carbonyl (C=O) groups is 1. The van der Waals surface area contributed by atoms with Gasteiger partial charge in [0.1, 0.15) is 17.7 Å². The average Bonchev–Trinajstić information content (AvgIpc) is 2.96. The lowest BCUT2D eigenvalue weighted by Gasteiger charge is -2.33. The molecule has 0 fully saturated rings. The molecule has 3 rings (SSSR count). The molecule has 0 amide bonds. The quantitative estimate of drug-likeness (QED) is 0.908. The Morgan fingerprint density at radius 3 is 3.05 bits per heavy atom. The lowest BCUT2D eigenvalue weighted by atomic mass is 10.1. The van der Waals surface area contributed by atoms with Gasteiger partial charge in [-0.1, -0.05) is 0 Å². The molecule has 1 unspecified atom stereocenters. The summed E-state index contributed by atoms with van der Waals surface area (Å²) in [5.74, 6) is 0.788. The second-order valence-electron chi connectivity index (χ2n) is 4.79. The second kappa shape index (κ2) is 5.27. The number of hydrogen-bond donors (Lipinski definition) is 1. The van der Waals surface area contributed by atoms with Crippen LogP contribution in [0.3, 0.4) is 0 Å². The van der Waals surface area contributed by atoms with E-state index < -0.39 is 12.0 Å². The third-order valence-electron chi connectivity index (χ3n) is 3.45. The minimum Gasteiger partial charge on any atom is -0.480 e. The van der Waals surface area contributed by atoms with Gasteiger partial charge in [0.05, 0.1) is 16.9 Å². The fraction of sp³-hybridized carbons (Fsp3) is 0.417. The van der Waals surface area contributed by atoms with E-state index in [1.165, 1.54) is 0 Å². The SMILES string of the molecule is Cc1nnc2n1CC(C(=O)O)N(Cc1csc(Br)c1)C2. The van der Waals surface area contributed by atoms with Gasteiger partial charge in [0.25, 0.3) is 0 Å². The molecule has 8 heteroatoms. The number of aromatic nitrogens is 3. The summed E-state index contributed by atoms with van der Waals surface area (Å²) in [6, 6.07) is 1.48. The van der Waals surface area contributed by atoms with Crippen molar-refractivity contribution in [2.75, 3.05) is 0 Å². The lowest BCUT2D eigenvalue weighted by Crippen LogP contribution is -2.47. The molecule has 1 atom stereocenters. The molecular weight excluding hydrogens is 344 g/mol. The van der Waals surface area contributed by atoms with E-state index in [2.05, 4.69) is 26.1 Å². The van der Waals surface area contributed by atoms with Crippen molar-refractivity contribution in [3.05, 3.63) is 32.4 Å². The number of aryl methyl sites for hydroxylation is 1. The molecule has 1 aliphatic heterocycles. The zero-order valence-corrected chi connectivity index (χ0v) is 13.2. The molecule has 2 aromatic rings. The number of aliphatic carboxylic acids is 1. The third kappa shape index (κ3) is 2.50. The normalized spacial score (nSPS) is 19.0. The first kappa shape index (κ1) is 13.7. The van der Waals surface area contributed by atoms with Crippen molar-refractivity contribution in [3.8, 4) is 0 Å². The number of fused-ring (bicyclic) bond motifs is 1. The maximum atomic E-state index is 11.5. The van der Waals surface area contributed by atoms with E-state index >= 15 is 0 Å². The zero-order chi connectivity index (χ0) is 14.3. The van der Waals surface area contributed by atoms with Crippen LogP contribution in [0.2, 0.25) is 0 Å². The van der Waals surface area contributed by atoms with Gasteiger partial charge in [0.15, 0.2) is 0 Å². The van der Waals surface area contributed by atoms with Crippen molar-refractivity contribution < 1.29 is 9.90 Å². The monoisotopic (exact) mass is 356 g/mol. The summed E-state index contributed by atoms with van der Waals surface area (Å²) in [6.45, 7) is 3.35. The highest BCUT2D eigenvalue weighted by Crippen LogP contribution is 2.25. The summed E-state index contributed by atoms with van der Waals surface area (Å²) < 4.78 is 2.94. The number of thiophene rings is 1. The van der Waals surface area contributed by atoms with Crippen LogP contribution in [-0.2, 0) is 24.4 Å². The zero-order valence-electron chi connectivity index (χ0n) is 10.8. The molecule has 0 spiro atoms. The Hall–Kier alpha value is -1.25. The smallest absolute Gasteiger partial charge is 0.322 e. The van der Waals surface area contributed by atoms with Crippen LogP contribution in [0, 0.1) is 6.92 Å². The highest BCUT2D eigenvalue weighted by molar-refractivity contribution is 9.11. The number of halogens is 1. The molecule has 3 heterocycles. The van der Waals surface area contributed by atoms with Crippen molar-refractivity contribution in [1.29, 1.82) is 0 Å². The van der Waals surface area contributed by atoms with Crippen LogP contribution in [0.25, 0.3) is 0 Å². The summed E-state index contributed by atoms with van der Waals surface area (Å²) in [7, 11) is 0. The van der Waals surface area contributed by atoms with E-state index in [1.807, 2.05) is 27.8 Å². The van der Waals surface area contributed by atoms with Crippen LogP contribution < -0.4 is 0 Å². The minimum atomic E-state index is -0.807. The molecule has 0 radical (unpaired) electrons. The van der Waals surface area contributed by atoms with Gasteiger partial charge in [-0.2, -0.15) is 0 Å². The molecular formula is C12H13BrN4O2S. The summed E-state index contributed by atoms with van der Waals surface area (Å²) >= 11 is 5.03. The van der Waals surface area contributed by atoms with Gasteiger partial charge in [0, 0.05) is 6.54 Å². The van der Waals surface area contributed by atoms with E-state index in [4.69, 9.17) is 0 Å². The second-order valence-corrected chi connectivity index (χ2v) is 7.08. The van der Waals surface area contributed by atoms with E-state index in [0.29, 0.717) is 19.6 Å². The molecule has 20 heavy (non-hydrogen) atoms. The van der Waals surface area contributed by atoms with Crippen LogP contribution >= 0.6 is 27.3 Å². The maximum Gasteiger partial charge on any atom is 0.322 e. The molecule has 0 bridgehead atoms. The molecule has 1 N–H and O–H groups in total. The summed E-state index contributed by atoms with van der Waals surface area (Å²) in [4.78, 5) is 13.4. The molecule has 6 nitrogen and oxygen atoms in total. The molecule has 2 aromatic heterocycles. The Kier molecular flexibility index (Phi) is 3.61. The molecule has 0 saturated carbocycles. The Morgan fingerprint density at radius 1 is 1.60 bits per heavy atom. The van der Waals surface area contributed by atoms with Gasteiger partial charge >= 0.3 is 5.97 Å². The largest absolute Gasteiger partial charge is 0.480 e. The van der Waals surface area contributed by atoms with Crippen molar-refractivity contribution >= 4 is 33.2 Å². The van der Waals surface area contributed by atoms with Gasteiger partial charge < -0.3 is 9.67 Å². The van der Waals surface area contributed by atoms with E-state index in [1.54, 1.807) is 11.3 Å². The van der Waals surface area contributed by atoms with Crippen LogP contribution in [0.5, 0.6) is 0 Å². The topological polar surface area (TPSA) is 71.2 Å². The van der Waals surface area contributed by atoms with Gasteiger partial charge in [-0.3, -0.25) is 9.69 Å². The number of carboxylic acids is 1. The fourth-order valence-electron chi connectivity index (χ4n) is 2.42. The van der Waals surface area contributed by atoms with Crippen molar-refractivity contribution in [1.82, 2.24) is 19.7 Å². The minimum absolute atomic E-state index is 0.398. The van der Waals surface area contributed by atoms with Crippen molar-refractivity contribution in [3.63, 3.8) is 0 Å². The molecule has 1 aliphatic rings. The third-order valence-corrected chi connectivity index (χ3v) is 5.00. The van der Waals surface area contributed by atoms with E-state index in [9.17, 15) is 9.90 Å². The number of carboxylic acid groups (broad SMARTS) is 1. The maximum absolute atomic E-state index is 11.5. The van der Waals surface area contributed by atoms with E-state index in [0.717, 1.165) is 21.0 Å². The molecule has 106 valence electrons. The highest BCUT2D eigenvalue weighted by atomic mass is 79.9. The lowest BCUT2D eigenvalue weighted by molar-refractivity contribution is -0.145. The van der Waals surface area contributed by atoms with Crippen LogP contribution in [-0.4, -0.2) is 36.8 Å². The van der Waals surface area contributed by atoms with Gasteiger partial charge in [-0.05, 0) is 39.9 Å². The molecule has 0 saturated heterocycles. The summed E-state index contributed by atoms with van der Waals surface area (Å²) in [6.07, 6.45) is 0. The van der Waals surface area contributed by atoms with E-state index in [-0.39, 0.29) is 0 Å². The van der Waals surface area contributed by atoms with Crippen molar-refractivity contribution in [2.45, 2.75) is 32.6 Å². The number of nitrogens with zero attached hydrogens (tertiary/aromatic N) is 4. The van der Waals surface area contributed by atoms with Gasteiger partial charge in [0.2, 0.25) is 0 Å². The molecule has 0 aliphatic carbocycles. The Labute approximate surface area is 128 Å². The predicted octanol–water partition coefficient (Wildman–Crippen LogP) is 1.88. The summed E-state index contributed by atoms with van der Waals surface area (Å²) in [5, 5.41) is 19.6. The Bertz CT molecular complexity index is 654. The van der Waals surface area contributed by atoms with Crippen LogP contribution in [0.1, 0.15) is 17.2 Å². The number of hydrogen-bond acceptors (Lipinski definition) is 5. The standard InChI is InChI=1S/C12H13BrN4O2S/c1-7-14-15-11-5-16(3-8-2-10(13)20-6-8)9(12(18)19)4-17(7)11/h2,6,9H,3-5H2,1H3,(H,18,19). The summed E-state index contributed by atoms with van der Waals surface area (Å²) in [5.41, 5.74) is 1.11. The van der Waals surface area contributed by atoms with Crippen LogP contribution in [0.4, 0.5) is 0 Å². The first-order valence-corrected chi connectivity index (χ1v) is 7.80. The first-order valence-electron chi connectivity index (χ1n) is 6.13. The predicted molar refractivity (Wildman–Crippen MR) is 77.4 cm³/mol. The first-order chi connectivity index (χ1) is 9.54. The van der Waals surface area contributed by atoms with Crippen molar-refractivity contribution in [2.24, 2.45) is 0 Å².